The molecule has 126 valence electrons. The van der Waals surface area contributed by atoms with Crippen LogP contribution in [0.15, 0.2) is 24.3 Å². The second kappa shape index (κ2) is 8.47. The number of carbonyl (C=O) groups excluding carboxylic acids is 2. The van der Waals surface area contributed by atoms with E-state index in [4.69, 9.17) is 21.1 Å². The Balaban J connectivity index is 1.68. The maximum atomic E-state index is 12.0. The zero-order valence-electron chi connectivity index (χ0n) is 13.0. The quantitative estimate of drug-likeness (QED) is 0.852. The third-order valence-electron chi connectivity index (χ3n) is 3.37. The van der Waals surface area contributed by atoms with E-state index in [1.807, 2.05) is 0 Å². The number of ether oxygens (including phenoxy) is 2. The van der Waals surface area contributed by atoms with Crippen molar-refractivity contribution in [3.05, 3.63) is 29.3 Å². The average Bonchev–Trinajstić information content (AvgIpc) is 2.57. The Hall–Kier alpha value is -2.15. The Bertz CT molecular complexity index is 530. The van der Waals surface area contributed by atoms with Crippen molar-refractivity contribution in [1.29, 1.82) is 0 Å². The molecule has 0 aromatic heterocycles. The number of benzene rings is 1. The van der Waals surface area contributed by atoms with Crippen LogP contribution >= 0.6 is 11.6 Å². The summed E-state index contributed by atoms with van der Waals surface area (Å²) < 4.78 is 10.3. The van der Waals surface area contributed by atoms with Gasteiger partial charge in [-0.3, -0.25) is 0 Å². The molecule has 1 N–H and O–H groups in total. The van der Waals surface area contributed by atoms with Gasteiger partial charge < -0.3 is 24.6 Å². The van der Waals surface area contributed by atoms with Gasteiger partial charge in [0.2, 0.25) is 0 Å². The van der Waals surface area contributed by atoms with Crippen molar-refractivity contribution in [2.45, 2.75) is 6.92 Å². The van der Waals surface area contributed by atoms with Crippen LogP contribution in [0, 0.1) is 0 Å². The largest absolute Gasteiger partial charge is 0.473 e. The van der Waals surface area contributed by atoms with Crippen LogP contribution in [0.25, 0.3) is 0 Å². The number of hydrogen-bond acceptors (Lipinski definition) is 4. The minimum atomic E-state index is -0.335. The third kappa shape index (κ3) is 5.21. The van der Waals surface area contributed by atoms with E-state index in [9.17, 15) is 9.59 Å². The summed E-state index contributed by atoms with van der Waals surface area (Å²) in [5.41, 5.74) is 0. The summed E-state index contributed by atoms with van der Waals surface area (Å²) >= 11 is 5.78. The fourth-order valence-corrected chi connectivity index (χ4v) is 2.26. The highest BCUT2D eigenvalue weighted by atomic mass is 35.5. The summed E-state index contributed by atoms with van der Waals surface area (Å²) in [5.74, 6) is 0.627. The molecule has 1 aliphatic rings. The monoisotopic (exact) mass is 341 g/mol. The van der Waals surface area contributed by atoms with Crippen LogP contribution in [0.1, 0.15) is 6.92 Å². The van der Waals surface area contributed by atoms with E-state index >= 15 is 0 Å². The van der Waals surface area contributed by atoms with E-state index in [0.29, 0.717) is 43.6 Å². The number of rotatable bonds is 4. The van der Waals surface area contributed by atoms with Crippen LogP contribution < -0.4 is 10.1 Å². The van der Waals surface area contributed by atoms with Crippen molar-refractivity contribution in [2.24, 2.45) is 0 Å². The molecule has 0 saturated carbocycles. The lowest BCUT2D eigenvalue weighted by Crippen LogP contribution is -2.53. The van der Waals surface area contributed by atoms with E-state index in [2.05, 4.69) is 5.32 Å². The Morgan fingerprint density at radius 1 is 1.13 bits per heavy atom. The number of halogens is 1. The van der Waals surface area contributed by atoms with Crippen molar-refractivity contribution >= 4 is 23.7 Å². The van der Waals surface area contributed by atoms with Gasteiger partial charge in [-0.2, -0.15) is 0 Å². The summed E-state index contributed by atoms with van der Waals surface area (Å²) in [5, 5.41) is 3.31. The van der Waals surface area contributed by atoms with Gasteiger partial charge in [-0.1, -0.05) is 11.6 Å². The van der Waals surface area contributed by atoms with Gasteiger partial charge in [0.1, 0.15) is 5.75 Å². The first-order valence-electron chi connectivity index (χ1n) is 7.43. The van der Waals surface area contributed by atoms with Crippen LogP contribution in [0.5, 0.6) is 5.75 Å². The van der Waals surface area contributed by atoms with Crippen molar-refractivity contribution in [3.8, 4) is 5.75 Å². The highest BCUT2D eigenvalue weighted by Crippen LogP contribution is 2.15. The van der Waals surface area contributed by atoms with Crippen LogP contribution in [0.2, 0.25) is 5.02 Å². The molecule has 2 rings (SSSR count). The summed E-state index contributed by atoms with van der Waals surface area (Å²) in [6, 6.07) is 6.67. The minimum absolute atomic E-state index is 0.0680. The smallest absolute Gasteiger partial charge is 0.409 e. The molecule has 0 unspecified atom stereocenters. The maximum absolute atomic E-state index is 12.0. The van der Waals surface area contributed by atoms with Crippen LogP contribution in [-0.2, 0) is 4.74 Å². The number of urea groups is 1. The number of piperazine rings is 1. The first kappa shape index (κ1) is 17.2. The first-order chi connectivity index (χ1) is 11.1. The average molecular weight is 342 g/mol. The van der Waals surface area contributed by atoms with Crippen molar-refractivity contribution in [3.63, 3.8) is 0 Å². The molecule has 0 spiro atoms. The van der Waals surface area contributed by atoms with E-state index in [0.717, 1.165) is 0 Å². The maximum Gasteiger partial charge on any atom is 0.409 e. The van der Waals surface area contributed by atoms with Gasteiger partial charge in [0.25, 0.3) is 0 Å². The summed E-state index contributed by atoms with van der Waals surface area (Å²) in [7, 11) is 0. The SMILES string of the molecule is CCOC(=O)N1CCN(C(=O)NCOc2ccc(Cl)cc2)CC1. The molecule has 1 aromatic rings. The van der Waals surface area contributed by atoms with Crippen molar-refractivity contribution < 1.29 is 19.1 Å². The van der Waals surface area contributed by atoms with Crippen LogP contribution in [0.4, 0.5) is 9.59 Å². The Morgan fingerprint density at radius 3 is 2.35 bits per heavy atom. The molecule has 0 radical (unpaired) electrons. The first-order valence-corrected chi connectivity index (χ1v) is 7.80. The fraction of sp³-hybridized carbons (Fsp3) is 0.467. The van der Waals surface area contributed by atoms with Gasteiger partial charge in [0.05, 0.1) is 6.61 Å². The molecule has 1 fully saturated rings. The molecular weight excluding hydrogens is 322 g/mol. The topological polar surface area (TPSA) is 71.1 Å². The van der Waals surface area contributed by atoms with E-state index in [1.165, 1.54) is 0 Å². The lowest BCUT2D eigenvalue weighted by atomic mass is 10.3. The summed E-state index contributed by atoms with van der Waals surface area (Å²) in [6.45, 7) is 4.04. The molecule has 0 aliphatic carbocycles. The van der Waals surface area contributed by atoms with E-state index in [-0.39, 0.29) is 18.9 Å². The standard InChI is InChI=1S/C15H20ClN3O4/c1-2-22-15(21)19-9-7-18(8-10-19)14(20)17-11-23-13-5-3-12(16)4-6-13/h3-6H,2,7-11H2,1H3,(H,17,20). The number of nitrogens with one attached hydrogen (secondary N) is 1. The fourth-order valence-electron chi connectivity index (χ4n) is 2.13. The van der Waals surface area contributed by atoms with Gasteiger partial charge >= 0.3 is 12.1 Å². The molecule has 23 heavy (non-hydrogen) atoms. The zero-order chi connectivity index (χ0) is 16.7. The molecule has 1 aliphatic heterocycles. The molecule has 0 bridgehead atoms. The molecule has 1 heterocycles. The van der Waals surface area contributed by atoms with Crippen LogP contribution in [0.3, 0.4) is 0 Å². The highest BCUT2D eigenvalue weighted by molar-refractivity contribution is 6.30. The normalized spacial score (nSPS) is 14.3. The van der Waals surface area contributed by atoms with Crippen molar-refractivity contribution in [2.75, 3.05) is 39.5 Å². The van der Waals surface area contributed by atoms with Crippen LogP contribution in [-0.4, -0.2) is 61.4 Å². The van der Waals surface area contributed by atoms with Gasteiger partial charge in [-0.15, -0.1) is 0 Å². The van der Waals surface area contributed by atoms with Crippen molar-refractivity contribution in [1.82, 2.24) is 15.1 Å². The lowest BCUT2D eigenvalue weighted by Gasteiger charge is -2.33. The second-order valence-electron chi connectivity index (χ2n) is 4.90. The highest BCUT2D eigenvalue weighted by Gasteiger charge is 2.24. The molecule has 3 amide bonds. The van der Waals surface area contributed by atoms with E-state index < -0.39 is 0 Å². The Morgan fingerprint density at radius 2 is 1.74 bits per heavy atom. The predicted molar refractivity (Wildman–Crippen MR) is 85.6 cm³/mol. The molecule has 8 heteroatoms. The zero-order valence-corrected chi connectivity index (χ0v) is 13.7. The Labute approximate surface area is 140 Å². The summed E-state index contributed by atoms with van der Waals surface area (Å²) in [6.07, 6.45) is -0.335. The number of carbonyl (C=O) groups is 2. The van der Waals surface area contributed by atoms with Gasteiger partial charge in [0, 0.05) is 31.2 Å². The third-order valence-corrected chi connectivity index (χ3v) is 3.62. The molecule has 1 aromatic carbocycles. The molecule has 0 atom stereocenters. The number of amides is 3. The number of nitrogens with zero attached hydrogens (tertiary/aromatic N) is 2. The molecular formula is C15H20ClN3O4. The van der Waals surface area contributed by atoms with Gasteiger partial charge in [-0.05, 0) is 31.2 Å². The van der Waals surface area contributed by atoms with E-state index in [1.54, 1.807) is 41.0 Å². The molecule has 7 nitrogen and oxygen atoms in total. The van der Waals surface area contributed by atoms with Gasteiger partial charge in [0.15, 0.2) is 6.73 Å². The molecule has 1 saturated heterocycles. The Kier molecular flexibility index (Phi) is 6.34. The second-order valence-corrected chi connectivity index (χ2v) is 5.33. The minimum Gasteiger partial charge on any atom is -0.473 e. The summed E-state index contributed by atoms with van der Waals surface area (Å²) in [4.78, 5) is 26.8. The predicted octanol–water partition coefficient (Wildman–Crippen LogP) is 2.16. The number of hydrogen-bond donors (Lipinski definition) is 1. The van der Waals surface area contributed by atoms with Gasteiger partial charge in [-0.25, -0.2) is 9.59 Å². The lowest BCUT2D eigenvalue weighted by molar-refractivity contribution is 0.0843.